The Hall–Kier alpha value is -2.67. The van der Waals surface area contributed by atoms with E-state index in [9.17, 15) is 4.79 Å². The Balaban J connectivity index is 1.73. The molecule has 23 heavy (non-hydrogen) atoms. The van der Waals surface area contributed by atoms with E-state index in [4.69, 9.17) is 9.15 Å². The zero-order chi connectivity index (χ0) is 16.0. The van der Waals surface area contributed by atoms with Gasteiger partial charge in [0.05, 0.1) is 11.9 Å². The first-order valence-electron chi connectivity index (χ1n) is 7.20. The molecule has 0 saturated carbocycles. The molecule has 0 bridgehead atoms. The molecule has 0 spiro atoms. The van der Waals surface area contributed by atoms with Crippen LogP contribution < -0.4 is 10.4 Å². The van der Waals surface area contributed by atoms with E-state index in [0.717, 1.165) is 28.0 Å². The van der Waals surface area contributed by atoms with Gasteiger partial charge in [-0.25, -0.2) is 14.3 Å². The summed E-state index contributed by atoms with van der Waals surface area (Å²) < 4.78 is 12.7. The van der Waals surface area contributed by atoms with Gasteiger partial charge in [-0.05, 0) is 42.4 Å². The highest BCUT2D eigenvalue weighted by molar-refractivity contribution is 7.18. The number of imidazole rings is 1. The lowest BCUT2D eigenvalue weighted by atomic mass is 10.1. The van der Waals surface area contributed by atoms with Gasteiger partial charge in [0.15, 0.2) is 0 Å². The van der Waals surface area contributed by atoms with Crippen molar-refractivity contribution in [3.05, 3.63) is 52.1 Å². The second-order valence-corrected chi connectivity index (χ2v) is 6.10. The highest BCUT2D eigenvalue weighted by Gasteiger charge is 2.10. The highest BCUT2D eigenvalue weighted by Crippen LogP contribution is 2.29. The number of fused-ring (bicyclic) bond motifs is 2. The molecule has 0 aliphatic heterocycles. The van der Waals surface area contributed by atoms with Crippen LogP contribution in [0.3, 0.4) is 0 Å². The maximum atomic E-state index is 11.6. The first-order valence-corrected chi connectivity index (χ1v) is 8.01. The van der Waals surface area contributed by atoms with Crippen molar-refractivity contribution in [2.24, 2.45) is 0 Å². The largest absolute Gasteiger partial charge is 0.430 e. The smallest absolute Gasteiger partial charge is 0.336 e. The molecule has 4 aromatic rings. The van der Waals surface area contributed by atoms with E-state index >= 15 is 0 Å². The van der Waals surface area contributed by atoms with E-state index in [1.165, 1.54) is 17.4 Å². The molecule has 0 saturated heterocycles. The van der Waals surface area contributed by atoms with E-state index in [-0.39, 0.29) is 5.63 Å². The number of aryl methyl sites for hydroxylation is 2. The lowest BCUT2D eigenvalue weighted by molar-refractivity contribution is 0.468. The minimum Gasteiger partial charge on any atom is -0.430 e. The van der Waals surface area contributed by atoms with Gasteiger partial charge in [-0.2, -0.15) is 0 Å². The molecule has 3 aromatic heterocycles. The van der Waals surface area contributed by atoms with Gasteiger partial charge in [0, 0.05) is 17.5 Å². The fraction of sp³-hybridized carbons (Fsp3) is 0.188. The lowest BCUT2D eigenvalue weighted by Crippen LogP contribution is -1.99. The highest BCUT2D eigenvalue weighted by atomic mass is 32.1. The van der Waals surface area contributed by atoms with Crippen molar-refractivity contribution in [3.8, 4) is 10.9 Å². The van der Waals surface area contributed by atoms with E-state index in [0.29, 0.717) is 16.5 Å². The number of hydrogen-bond acceptors (Lipinski definition) is 6. The van der Waals surface area contributed by atoms with E-state index in [1.54, 1.807) is 10.6 Å². The zero-order valence-corrected chi connectivity index (χ0v) is 13.4. The van der Waals surface area contributed by atoms with Gasteiger partial charge in [-0.1, -0.05) is 6.92 Å². The molecule has 0 atom stereocenters. The van der Waals surface area contributed by atoms with Gasteiger partial charge in [0.2, 0.25) is 4.96 Å². The second-order valence-electron chi connectivity index (χ2n) is 5.18. The van der Waals surface area contributed by atoms with Gasteiger partial charge < -0.3 is 9.15 Å². The molecule has 0 amide bonds. The van der Waals surface area contributed by atoms with Crippen molar-refractivity contribution in [1.82, 2.24) is 14.6 Å². The Morgan fingerprint density at radius 2 is 2.22 bits per heavy atom. The standard InChI is InChI=1S/C16H13N3O3S/c1-3-10-6-14(20)22-13-7-11(4-5-12(10)13)21-16-18-19-8-9(2)17-15(19)23-16/h4-8H,3H2,1-2H3. The van der Waals surface area contributed by atoms with Gasteiger partial charge >= 0.3 is 5.63 Å². The summed E-state index contributed by atoms with van der Waals surface area (Å²) in [5.74, 6) is 0.572. The Morgan fingerprint density at radius 1 is 1.35 bits per heavy atom. The van der Waals surface area contributed by atoms with Crippen LogP contribution in [0.2, 0.25) is 0 Å². The second kappa shape index (κ2) is 5.20. The number of rotatable bonds is 3. The van der Waals surface area contributed by atoms with E-state index < -0.39 is 0 Å². The van der Waals surface area contributed by atoms with Crippen molar-refractivity contribution in [2.45, 2.75) is 20.3 Å². The van der Waals surface area contributed by atoms with Crippen LogP contribution in [-0.2, 0) is 6.42 Å². The van der Waals surface area contributed by atoms with Crippen LogP contribution in [0.4, 0.5) is 0 Å². The summed E-state index contributed by atoms with van der Waals surface area (Å²) in [5.41, 5.74) is 2.04. The van der Waals surface area contributed by atoms with Crippen LogP contribution in [0.15, 0.2) is 39.7 Å². The number of nitrogens with zero attached hydrogens (tertiary/aromatic N) is 3. The Bertz CT molecular complexity index is 1050. The molecule has 0 unspecified atom stereocenters. The molecule has 3 heterocycles. The molecule has 116 valence electrons. The Labute approximate surface area is 135 Å². The van der Waals surface area contributed by atoms with Crippen LogP contribution >= 0.6 is 11.3 Å². The van der Waals surface area contributed by atoms with Crippen molar-refractivity contribution < 1.29 is 9.15 Å². The molecular weight excluding hydrogens is 314 g/mol. The summed E-state index contributed by atoms with van der Waals surface area (Å²) in [6, 6.07) is 6.98. The quantitative estimate of drug-likeness (QED) is 0.538. The fourth-order valence-corrected chi connectivity index (χ4v) is 3.30. The maximum Gasteiger partial charge on any atom is 0.336 e. The van der Waals surface area contributed by atoms with Crippen molar-refractivity contribution in [3.63, 3.8) is 0 Å². The van der Waals surface area contributed by atoms with Crippen LogP contribution in [0.1, 0.15) is 18.2 Å². The minimum atomic E-state index is -0.352. The molecule has 6 nitrogen and oxygen atoms in total. The molecular formula is C16H13N3O3S. The molecule has 1 aromatic carbocycles. The summed E-state index contributed by atoms with van der Waals surface area (Å²) in [5, 5.41) is 5.73. The van der Waals surface area contributed by atoms with Crippen LogP contribution in [-0.4, -0.2) is 14.6 Å². The van der Waals surface area contributed by atoms with Gasteiger partial charge in [-0.3, -0.25) is 0 Å². The summed E-state index contributed by atoms with van der Waals surface area (Å²) in [7, 11) is 0. The normalized spacial score (nSPS) is 11.4. The van der Waals surface area contributed by atoms with Gasteiger partial charge in [0.25, 0.3) is 5.19 Å². The predicted molar refractivity (Wildman–Crippen MR) is 87.5 cm³/mol. The summed E-state index contributed by atoms with van der Waals surface area (Å²) >= 11 is 1.36. The third kappa shape index (κ3) is 2.49. The van der Waals surface area contributed by atoms with Crippen molar-refractivity contribution >= 4 is 27.3 Å². The van der Waals surface area contributed by atoms with Crippen molar-refractivity contribution in [2.75, 3.05) is 0 Å². The maximum absolute atomic E-state index is 11.6. The third-order valence-corrected chi connectivity index (χ3v) is 4.33. The Morgan fingerprint density at radius 3 is 3.00 bits per heavy atom. The average Bonchev–Trinajstić information content (AvgIpc) is 3.02. The summed E-state index contributed by atoms with van der Waals surface area (Å²) in [4.78, 5) is 16.7. The lowest BCUT2D eigenvalue weighted by Gasteiger charge is -2.05. The molecule has 0 radical (unpaired) electrons. The first kappa shape index (κ1) is 14.0. The molecule has 0 aliphatic carbocycles. The van der Waals surface area contributed by atoms with Crippen LogP contribution in [0, 0.1) is 6.92 Å². The molecule has 7 heteroatoms. The molecule has 4 rings (SSSR count). The number of ether oxygens (including phenoxy) is 1. The topological polar surface area (TPSA) is 69.6 Å². The number of aromatic nitrogens is 3. The first-order chi connectivity index (χ1) is 11.1. The molecule has 0 N–H and O–H groups in total. The van der Waals surface area contributed by atoms with E-state index in [2.05, 4.69) is 10.1 Å². The summed E-state index contributed by atoms with van der Waals surface area (Å²) in [6.07, 6.45) is 2.61. The zero-order valence-electron chi connectivity index (χ0n) is 12.6. The average molecular weight is 327 g/mol. The fourth-order valence-electron chi connectivity index (χ4n) is 2.50. The van der Waals surface area contributed by atoms with Crippen LogP contribution in [0.5, 0.6) is 10.9 Å². The molecule has 0 fully saturated rings. The summed E-state index contributed by atoms with van der Waals surface area (Å²) in [6.45, 7) is 3.92. The number of hydrogen-bond donors (Lipinski definition) is 0. The van der Waals surface area contributed by atoms with Crippen molar-refractivity contribution in [1.29, 1.82) is 0 Å². The SMILES string of the molecule is CCc1cc(=O)oc2cc(Oc3nn4cc(C)nc4s3)ccc12. The Kier molecular flexibility index (Phi) is 3.16. The monoisotopic (exact) mass is 327 g/mol. The molecule has 0 aliphatic rings. The van der Waals surface area contributed by atoms with Gasteiger partial charge in [0.1, 0.15) is 11.3 Å². The predicted octanol–water partition coefficient (Wildman–Crippen LogP) is 3.56. The third-order valence-electron chi connectivity index (χ3n) is 3.53. The minimum absolute atomic E-state index is 0.352. The van der Waals surface area contributed by atoms with Gasteiger partial charge in [-0.15, -0.1) is 5.10 Å². The number of benzene rings is 1. The van der Waals surface area contributed by atoms with Crippen LogP contribution in [0.25, 0.3) is 15.9 Å². The van der Waals surface area contributed by atoms with E-state index in [1.807, 2.05) is 32.2 Å².